The number of rotatable bonds is 5. The fourth-order valence-corrected chi connectivity index (χ4v) is 1.78. The highest BCUT2D eigenvalue weighted by Crippen LogP contribution is 2.30. The van der Waals surface area contributed by atoms with Crippen LogP contribution < -0.4 is 10.1 Å². The largest absolute Gasteiger partial charge is 0.438 e. The number of anilines is 1. The van der Waals surface area contributed by atoms with E-state index in [1.807, 2.05) is 19.1 Å². The van der Waals surface area contributed by atoms with E-state index in [1.54, 1.807) is 25.1 Å². The topological polar surface area (TPSA) is 77.3 Å². The monoisotopic (exact) mass is 273 g/mol. The van der Waals surface area contributed by atoms with Crippen LogP contribution in [0.4, 0.5) is 11.5 Å². The first-order valence-corrected chi connectivity index (χ1v) is 6.24. The summed E-state index contributed by atoms with van der Waals surface area (Å²) in [5, 5.41) is 14.0. The van der Waals surface area contributed by atoms with E-state index in [1.165, 1.54) is 6.07 Å². The summed E-state index contributed by atoms with van der Waals surface area (Å²) in [6, 6.07) is 10.1. The van der Waals surface area contributed by atoms with Crippen molar-refractivity contribution in [2.75, 3.05) is 11.9 Å². The molecular weight excluding hydrogens is 258 g/mol. The molecule has 0 saturated heterocycles. The molecule has 0 amide bonds. The molecule has 0 bridgehead atoms. The molecule has 1 N–H and O–H groups in total. The summed E-state index contributed by atoms with van der Waals surface area (Å²) in [5.41, 5.74) is 0.512. The van der Waals surface area contributed by atoms with E-state index in [0.717, 1.165) is 6.54 Å². The SMILES string of the molecule is CCNc1cccc(Oc2cccc([N+](=O)[O-])c2C)n1. The van der Waals surface area contributed by atoms with Crippen LogP contribution in [0.5, 0.6) is 11.6 Å². The summed E-state index contributed by atoms with van der Waals surface area (Å²) in [6.45, 7) is 4.38. The molecule has 1 aromatic carbocycles. The van der Waals surface area contributed by atoms with Crippen LogP contribution in [0.1, 0.15) is 12.5 Å². The van der Waals surface area contributed by atoms with Crippen molar-refractivity contribution in [1.29, 1.82) is 0 Å². The summed E-state index contributed by atoms with van der Waals surface area (Å²) in [6.07, 6.45) is 0. The van der Waals surface area contributed by atoms with Gasteiger partial charge >= 0.3 is 0 Å². The number of pyridine rings is 1. The van der Waals surface area contributed by atoms with E-state index >= 15 is 0 Å². The molecule has 0 aliphatic rings. The van der Waals surface area contributed by atoms with Gasteiger partial charge in [-0.05, 0) is 26.0 Å². The van der Waals surface area contributed by atoms with E-state index in [4.69, 9.17) is 4.74 Å². The van der Waals surface area contributed by atoms with Crippen molar-refractivity contribution in [1.82, 2.24) is 4.98 Å². The summed E-state index contributed by atoms with van der Waals surface area (Å²) < 4.78 is 5.63. The van der Waals surface area contributed by atoms with Crippen molar-refractivity contribution in [3.63, 3.8) is 0 Å². The highest BCUT2D eigenvalue weighted by molar-refractivity contribution is 5.49. The first kappa shape index (κ1) is 13.8. The van der Waals surface area contributed by atoms with Crippen molar-refractivity contribution < 1.29 is 9.66 Å². The number of aromatic nitrogens is 1. The molecule has 0 radical (unpaired) electrons. The molecule has 0 aliphatic heterocycles. The standard InChI is InChI=1S/C14H15N3O3/c1-3-15-13-8-5-9-14(16-13)20-12-7-4-6-11(10(12)2)17(18)19/h4-9H,3H2,1-2H3,(H,15,16). The van der Waals surface area contributed by atoms with Crippen LogP contribution in [-0.2, 0) is 0 Å². The van der Waals surface area contributed by atoms with Crippen molar-refractivity contribution >= 4 is 11.5 Å². The van der Waals surface area contributed by atoms with Gasteiger partial charge in [0.15, 0.2) is 0 Å². The van der Waals surface area contributed by atoms with Gasteiger partial charge in [-0.3, -0.25) is 10.1 Å². The molecule has 6 nitrogen and oxygen atoms in total. The Labute approximate surface area is 116 Å². The normalized spacial score (nSPS) is 10.1. The van der Waals surface area contributed by atoms with Crippen molar-refractivity contribution in [3.05, 3.63) is 52.1 Å². The number of nitro benzene ring substituents is 1. The Hall–Kier alpha value is -2.63. The molecule has 20 heavy (non-hydrogen) atoms. The molecule has 2 rings (SSSR count). The zero-order valence-corrected chi connectivity index (χ0v) is 11.3. The molecule has 6 heteroatoms. The van der Waals surface area contributed by atoms with Crippen LogP contribution in [0.2, 0.25) is 0 Å². The van der Waals surface area contributed by atoms with Gasteiger partial charge in [-0.25, -0.2) is 0 Å². The predicted molar refractivity (Wildman–Crippen MR) is 76.3 cm³/mol. The molecule has 0 aliphatic carbocycles. The van der Waals surface area contributed by atoms with Gasteiger partial charge in [0.1, 0.15) is 11.6 Å². The molecule has 2 aromatic rings. The molecule has 0 unspecified atom stereocenters. The molecule has 1 aromatic heterocycles. The van der Waals surface area contributed by atoms with Crippen LogP contribution >= 0.6 is 0 Å². The third-order valence-electron chi connectivity index (χ3n) is 2.75. The minimum Gasteiger partial charge on any atom is -0.438 e. The summed E-state index contributed by atoms with van der Waals surface area (Å²) >= 11 is 0. The number of nitro groups is 1. The summed E-state index contributed by atoms with van der Waals surface area (Å²) in [5.74, 6) is 1.53. The Morgan fingerprint density at radius 1 is 1.30 bits per heavy atom. The highest BCUT2D eigenvalue weighted by atomic mass is 16.6. The first-order valence-electron chi connectivity index (χ1n) is 6.24. The lowest BCUT2D eigenvalue weighted by atomic mass is 10.2. The quantitative estimate of drug-likeness (QED) is 0.666. The zero-order chi connectivity index (χ0) is 14.5. The molecule has 1 heterocycles. The number of benzene rings is 1. The van der Waals surface area contributed by atoms with Gasteiger partial charge in [-0.15, -0.1) is 0 Å². The maximum atomic E-state index is 10.9. The lowest BCUT2D eigenvalue weighted by molar-refractivity contribution is -0.385. The smallest absolute Gasteiger partial charge is 0.276 e. The Bertz CT molecular complexity index is 629. The molecule has 0 atom stereocenters. The average Bonchev–Trinajstić information content (AvgIpc) is 2.42. The van der Waals surface area contributed by atoms with E-state index in [-0.39, 0.29) is 5.69 Å². The Morgan fingerprint density at radius 3 is 2.75 bits per heavy atom. The van der Waals surface area contributed by atoms with Gasteiger partial charge < -0.3 is 10.1 Å². The maximum absolute atomic E-state index is 10.9. The zero-order valence-electron chi connectivity index (χ0n) is 11.3. The van der Waals surface area contributed by atoms with E-state index in [9.17, 15) is 10.1 Å². The van der Waals surface area contributed by atoms with Gasteiger partial charge in [-0.2, -0.15) is 4.98 Å². The van der Waals surface area contributed by atoms with Crippen LogP contribution in [0, 0.1) is 17.0 Å². The Balaban J connectivity index is 2.28. The van der Waals surface area contributed by atoms with E-state index in [2.05, 4.69) is 10.3 Å². The Kier molecular flexibility index (Phi) is 4.14. The number of nitrogens with one attached hydrogen (secondary N) is 1. The molecule has 0 fully saturated rings. The third-order valence-corrected chi connectivity index (χ3v) is 2.75. The first-order chi connectivity index (χ1) is 9.61. The van der Waals surface area contributed by atoms with E-state index < -0.39 is 4.92 Å². The predicted octanol–water partition coefficient (Wildman–Crippen LogP) is 3.52. The summed E-state index contributed by atoms with van der Waals surface area (Å²) in [7, 11) is 0. The van der Waals surface area contributed by atoms with Gasteiger partial charge in [0.05, 0.1) is 10.5 Å². The lowest BCUT2D eigenvalue weighted by Gasteiger charge is -2.09. The molecule has 104 valence electrons. The third kappa shape index (κ3) is 3.03. The minimum atomic E-state index is -0.426. The number of hydrogen-bond donors (Lipinski definition) is 1. The maximum Gasteiger partial charge on any atom is 0.276 e. The van der Waals surface area contributed by atoms with Gasteiger partial charge in [0, 0.05) is 18.7 Å². The van der Waals surface area contributed by atoms with Crippen molar-refractivity contribution in [3.8, 4) is 11.6 Å². The van der Waals surface area contributed by atoms with E-state index in [0.29, 0.717) is 23.0 Å². The Morgan fingerprint density at radius 2 is 2.05 bits per heavy atom. The second kappa shape index (κ2) is 6.01. The molecule has 0 saturated carbocycles. The number of ether oxygens (including phenoxy) is 1. The van der Waals surface area contributed by atoms with Crippen LogP contribution in [0.15, 0.2) is 36.4 Å². The lowest BCUT2D eigenvalue weighted by Crippen LogP contribution is -2.00. The van der Waals surface area contributed by atoms with Crippen LogP contribution in [0.3, 0.4) is 0 Å². The van der Waals surface area contributed by atoms with Crippen LogP contribution in [-0.4, -0.2) is 16.5 Å². The van der Waals surface area contributed by atoms with Gasteiger partial charge in [-0.1, -0.05) is 12.1 Å². The second-order valence-corrected chi connectivity index (χ2v) is 4.15. The number of nitrogens with zero attached hydrogens (tertiary/aromatic N) is 2. The van der Waals surface area contributed by atoms with Crippen molar-refractivity contribution in [2.24, 2.45) is 0 Å². The summed E-state index contributed by atoms with van der Waals surface area (Å²) in [4.78, 5) is 14.7. The fraction of sp³-hybridized carbons (Fsp3) is 0.214. The number of hydrogen-bond acceptors (Lipinski definition) is 5. The second-order valence-electron chi connectivity index (χ2n) is 4.15. The average molecular weight is 273 g/mol. The molecular formula is C14H15N3O3. The minimum absolute atomic E-state index is 0.0327. The van der Waals surface area contributed by atoms with Crippen molar-refractivity contribution in [2.45, 2.75) is 13.8 Å². The van der Waals surface area contributed by atoms with Gasteiger partial charge in [0.2, 0.25) is 5.88 Å². The van der Waals surface area contributed by atoms with Crippen LogP contribution in [0.25, 0.3) is 0 Å². The fourth-order valence-electron chi connectivity index (χ4n) is 1.78. The highest BCUT2D eigenvalue weighted by Gasteiger charge is 2.14. The molecule has 0 spiro atoms. The van der Waals surface area contributed by atoms with Gasteiger partial charge in [0.25, 0.3) is 5.69 Å².